The first-order chi connectivity index (χ1) is 23.2. The van der Waals surface area contributed by atoms with E-state index in [0.29, 0.717) is 42.9 Å². The molecule has 0 aromatic heterocycles. The Kier molecular flexibility index (Phi) is 9.99. The summed E-state index contributed by atoms with van der Waals surface area (Å²) in [6.45, 7) is 2.96. The van der Waals surface area contributed by atoms with E-state index < -0.39 is 17.4 Å². The molecule has 0 radical (unpaired) electrons. The first-order valence-corrected chi connectivity index (χ1v) is 17.0. The Morgan fingerprint density at radius 3 is 2.60 bits per heavy atom. The molecule has 0 saturated carbocycles. The molecule has 0 spiro atoms. The van der Waals surface area contributed by atoms with E-state index in [-0.39, 0.29) is 37.4 Å². The number of aliphatic hydroxyl groups excluding tert-OH is 1. The number of carbonyl (C=O) groups is 3. The zero-order valence-corrected chi connectivity index (χ0v) is 27.8. The van der Waals surface area contributed by atoms with Gasteiger partial charge in [-0.25, -0.2) is 0 Å². The standard InChI is InChI=1S/C39H45N3O6/c1-27(11-9-17-37(45)41-25-30-14-7-6-13-29(30)22-32(41)26-43)39(47)34-23-33(48-2)18-19-35(34)42(38(39)46)24-28-12-10-15-31(21-28)40-20-8-4-3-5-16-36(40)44/h6-7,9-15,18-19,21,23,27,32,43,47H,3-5,8,16-17,20,22,24-26H2,1-2H3/b11-9+/t27-,32-,39+/m0/s1. The molecule has 3 amide bonds. The number of amides is 3. The van der Waals surface area contributed by atoms with Crippen molar-refractivity contribution in [2.45, 2.75) is 76.6 Å². The molecule has 9 nitrogen and oxygen atoms in total. The molecule has 3 aromatic rings. The van der Waals surface area contributed by atoms with Crippen molar-refractivity contribution < 1.29 is 29.3 Å². The van der Waals surface area contributed by atoms with E-state index in [2.05, 4.69) is 0 Å². The molecule has 0 aliphatic carbocycles. The van der Waals surface area contributed by atoms with E-state index in [1.54, 1.807) is 54.2 Å². The summed E-state index contributed by atoms with van der Waals surface area (Å²) in [7, 11) is 1.54. The van der Waals surface area contributed by atoms with Gasteiger partial charge in [0.05, 0.1) is 32.0 Å². The number of ether oxygens (including phenoxy) is 1. The van der Waals surface area contributed by atoms with Crippen LogP contribution in [0.2, 0.25) is 0 Å². The number of hydrogen-bond acceptors (Lipinski definition) is 6. The molecule has 48 heavy (non-hydrogen) atoms. The molecule has 2 N–H and O–H groups in total. The molecule has 0 bridgehead atoms. The SMILES string of the molecule is COc1ccc2c(c1)[C@](O)([C@@H](C)/C=C/CC(=O)N1Cc3ccccc3C[C@H]1CO)C(=O)N2Cc1cccc(N2CCCCCCC2=O)c1. The van der Waals surface area contributed by atoms with Crippen molar-refractivity contribution in [3.8, 4) is 5.75 Å². The number of aliphatic hydroxyl groups is 2. The van der Waals surface area contributed by atoms with Crippen LogP contribution in [0.15, 0.2) is 78.9 Å². The van der Waals surface area contributed by atoms with Crippen molar-refractivity contribution in [2.75, 3.05) is 30.1 Å². The highest BCUT2D eigenvalue weighted by Crippen LogP contribution is 2.47. The average Bonchev–Trinajstić information content (AvgIpc) is 3.31. The van der Waals surface area contributed by atoms with Gasteiger partial charge in [0.15, 0.2) is 5.60 Å². The quantitative estimate of drug-likeness (QED) is 0.306. The van der Waals surface area contributed by atoms with Crippen LogP contribution in [0.25, 0.3) is 0 Å². The molecule has 6 rings (SSSR count). The van der Waals surface area contributed by atoms with Gasteiger partial charge in [-0.2, -0.15) is 0 Å². The molecule has 3 atom stereocenters. The first-order valence-electron chi connectivity index (χ1n) is 17.0. The second-order valence-electron chi connectivity index (χ2n) is 13.2. The highest BCUT2D eigenvalue weighted by atomic mass is 16.5. The van der Waals surface area contributed by atoms with Crippen LogP contribution < -0.4 is 14.5 Å². The fourth-order valence-electron chi connectivity index (χ4n) is 7.32. The van der Waals surface area contributed by atoms with Crippen molar-refractivity contribution in [3.05, 3.63) is 101 Å². The summed E-state index contributed by atoms with van der Waals surface area (Å²) in [4.78, 5) is 45.7. The third kappa shape index (κ3) is 6.49. The molecule has 1 fully saturated rings. The second-order valence-corrected chi connectivity index (χ2v) is 13.2. The van der Waals surface area contributed by atoms with Crippen LogP contribution in [-0.2, 0) is 39.5 Å². The lowest BCUT2D eigenvalue weighted by Gasteiger charge is -2.36. The van der Waals surface area contributed by atoms with Gasteiger partial charge in [0, 0.05) is 43.1 Å². The van der Waals surface area contributed by atoms with Crippen LogP contribution >= 0.6 is 0 Å². The van der Waals surface area contributed by atoms with Crippen molar-refractivity contribution in [2.24, 2.45) is 5.92 Å². The van der Waals surface area contributed by atoms with Gasteiger partial charge in [-0.05, 0) is 66.3 Å². The molecule has 3 aliphatic heterocycles. The minimum absolute atomic E-state index is 0.0734. The Morgan fingerprint density at radius 1 is 1.02 bits per heavy atom. The summed E-state index contributed by atoms with van der Waals surface area (Å²) in [6, 6.07) is 20.7. The summed E-state index contributed by atoms with van der Waals surface area (Å²) in [5.74, 6) is -0.624. The fraction of sp³-hybridized carbons (Fsp3) is 0.410. The van der Waals surface area contributed by atoms with Gasteiger partial charge in [-0.3, -0.25) is 14.4 Å². The van der Waals surface area contributed by atoms with Crippen LogP contribution in [0.5, 0.6) is 5.75 Å². The number of methoxy groups -OCH3 is 1. The molecule has 9 heteroatoms. The van der Waals surface area contributed by atoms with Crippen LogP contribution in [-0.4, -0.2) is 59.1 Å². The number of anilines is 2. The number of fused-ring (bicyclic) bond motifs is 2. The maximum absolute atomic E-state index is 14.2. The molecule has 3 aliphatic rings. The lowest BCUT2D eigenvalue weighted by atomic mass is 9.82. The predicted octanol–water partition coefficient (Wildman–Crippen LogP) is 5.25. The lowest BCUT2D eigenvalue weighted by Crippen LogP contribution is -2.46. The van der Waals surface area contributed by atoms with Gasteiger partial charge in [-0.1, -0.05) is 68.3 Å². The van der Waals surface area contributed by atoms with Gasteiger partial charge in [0.2, 0.25) is 11.8 Å². The number of carbonyl (C=O) groups excluding carboxylic acids is 3. The van der Waals surface area contributed by atoms with Gasteiger partial charge in [0.1, 0.15) is 5.75 Å². The maximum Gasteiger partial charge on any atom is 0.264 e. The van der Waals surface area contributed by atoms with Gasteiger partial charge < -0.3 is 29.6 Å². The van der Waals surface area contributed by atoms with E-state index in [1.165, 1.54) is 0 Å². The molecule has 252 valence electrons. The zero-order chi connectivity index (χ0) is 33.8. The Bertz CT molecular complexity index is 1700. The Morgan fingerprint density at radius 2 is 1.81 bits per heavy atom. The van der Waals surface area contributed by atoms with E-state index in [1.807, 2.05) is 53.4 Å². The maximum atomic E-state index is 14.2. The molecular weight excluding hydrogens is 606 g/mol. The van der Waals surface area contributed by atoms with E-state index in [9.17, 15) is 24.6 Å². The summed E-state index contributed by atoms with van der Waals surface area (Å²) >= 11 is 0. The summed E-state index contributed by atoms with van der Waals surface area (Å²) < 4.78 is 5.47. The largest absolute Gasteiger partial charge is 0.497 e. The van der Waals surface area contributed by atoms with Gasteiger partial charge >= 0.3 is 0 Å². The smallest absolute Gasteiger partial charge is 0.264 e. The highest BCUT2D eigenvalue weighted by Gasteiger charge is 2.52. The second kappa shape index (κ2) is 14.3. The van der Waals surface area contributed by atoms with Gasteiger partial charge in [-0.15, -0.1) is 0 Å². The fourth-order valence-corrected chi connectivity index (χ4v) is 7.32. The summed E-state index contributed by atoms with van der Waals surface area (Å²) in [5.41, 5.74) is 3.02. The Balaban J connectivity index is 1.21. The predicted molar refractivity (Wildman–Crippen MR) is 184 cm³/mol. The first kappa shape index (κ1) is 33.4. The number of rotatable bonds is 9. The average molecular weight is 652 g/mol. The van der Waals surface area contributed by atoms with E-state index in [4.69, 9.17) is 4.74 Å². The van der Waals surface area contributed by atoms with Gasteiger partial charge in [0.25, 0.3) is 5.91 Å². The van der Waals surface area contributed by atoms with Crippen molar-refractivity contribution in [1.82, 2.24) is 4.90 Å². The normalized spacial score (nSPS) is 21.9. The van der Waals surface area contributed by atoms with Crippen LogP contribution in [0.3, 0.4) is 0 Å². The zero-order valence-electron chi connectivity index (χ0n) is 27.8. The monoisotopic (exact) mass is 651 g/mol. The minimum atomic E-state index is -1.89. The topological polar surface area (TPSA) is 111 Å². The van der Waals surface area contributed by atoms with E-state index in [0.717, 1.165) is 48.1 Å². The van der Waals surface area contributed by atoms with Crippen molar-refractivity contribution in [3.63, 3.8) is 0 Å². The van der Waals surface area contributed by atoms with Crippen molar-refractivity contribution in [1.29, 1.82) is 0 Å². The van der Waals surface area contributed by atoms with Crippen molar-refractivity contribution >= 4 is 29.1 Å². The highest BCUT2D eigenvalue weighted by molar-refractivity contribution is 6.07. The Labute approximate surface area is 282 Å². The van der Waals surface area contributed by atoms with E-state index >= 15 is 0 Å². The summed E-state index contributed by atoms with van der Waals surface area (Å²) in [5, 5.41) is 22.2. The van der Waals surface area contributed by atoms with Crippen LogP contribution in [0, 0.1) is 5.92 Å². The molecule has 1 saturated heterocycles. The molecule has 3 aromatic carbocycles. The molecular formula is C39H45N3O6. The number of hydrogen-bond donors (Lipinski definition) is 2. The number of benzene rings is 3. The van der Waals surface area contributed by atoms with Crippen LogP contribution in [0.1, 0.15) is 67.7 Å². The third-order valence-corrected chi connectivity index (χ3v) is 10.1. The minimum Gasteiger partial charge on any atom is -0.497 e. The summed E-state index contributed by atoms with van der Waals surface area (Å²) in [6.07, 6.45) is 8.65. The van der Waals surface area contributed by atoms with Crippen LogP contribution in [0.4, 0.5) is 11.4 Å². The third-order valence-electron chi connectivity index (χ3n) is 10.1. The molecule has 3 heterocycles. The lowest BCUT2D eigenvalue weighted by molar-refractivity contribution is -0.139. The number of nitrogens with zero attached hydrogens (tertiary/aromatic N) is 3. The molecule has 0 unspecified atom stereocenters. The Hall–Kier alpha value is -4.47.